The summed E-state index contributed by atoms with van der Waals surface area (Å²) < 4.78 is 51.7. The molecule has 2 aromatic rings. The summed E-state index contributed by atoms with van der Waals surface area (Å²) in [7, 11) is -3.18. The largest absolute Gasteiger partial charge is 0.354 e. The second-order valence-electron chi connectivity index (χ2n) is 6.76. The van der Waals surface area contributed by atoms with Gasteiger partial charge in [-0.1, -0.05) is 12.1 Å². The van der Waals surface area contributed by atoms with E-state index in [4.69, 9.17) is 0 Å². The SMILES string of the molecule is CS(=O)(=O)N1CCC(CNC(=O)Cn2c(SC(F)F)nc3ccccc32)CC1. The number of piperidine rings is 1. The van der Waals surface area contributed by atoms with Crippen LogP contribution in [0.2, 0.25) is 0 Å². The molecule has 11 heteroatoms. The molecule has 0 bridgehead atoms. The Balaban J connectivity index is 1.60. The lowest BCUT2D eigenvalue weighted by Crippen LogP contribution is -2.41. The molecule has 1 fully saturated rings. The molecule has 1 aliphatic rings. The Morgan fingerprint density at radius 1 is 1.32 bits per heavy atom. The van der Waals surface area contributed by atoms with Crippen LogP contribution in [0.25, 0.3) is 11.0 Å². The van der Waals surface area contributed by atoms with Gasteiger partial charge in [0.25, 0.3) is 5.76 Å². The monoisotopic (exact) mass is 432 g/mol. The summed E-state index contributed by atoms with van der Waals surface area (Å²) in [5, 5.41) is 2.94. The number of halogens is 2. The number of para-hydroxylation sites is 2. The molecule has 3 rings (SSSR count). The Hall–Kier alpha value is -1.72. The molecule has 0 radical (unpaired) electrons. The van der Waals surface area contributed by atoms with Gasteiger partial charge in [-0.2, -0.15) is 8.78 Å². The van der Waals surface area contributed by atoms with Crippen LogP contribution in [-0.2, 0) is 21.4 Å². The number of carbonyl (C=O) groups excluding carboxylic acids is 1. The Labute approximate surface area is 166 Å². The predicted molar refractivity (Wildman–Crippen MR) is 104 cm³/mol. The van der Waals surface area contributed by atoms with Crippen molar-refractivity contribution in [2.75, 3.05) is 25.9 Å². The fraction of sp³-hybridized carbons (Fsp3) is 0.529. The highest BCUT2D eigenvalue weighted by atomic mass is 32.2. The van der Waals surface area contributed by atoms with Gasteiger partial charge in [0, 0.05) is 19.6 Å². The first-order valence-electron chi connectivity index (χ1n) is 8.86. The third-order valence-electron chi connectivity index (χ3n) is 4.75. The van der Waals surface area contributed by atoms with Crippen molar-refractivity contribution in [2.24, 2.45) is 5.92 Å². The number of benzene rings is 1. The van der Waals surface area contributed by atoms with Crippen molar-refractivity contribution in [3.05, 3.63) is 24.3 Å². The first-order chi connectivity index (χ1) is 13.2. The van der Waals surface area contributed by atoms with E-state index in [0.717, 1.165) is 0 Å². The van der Waals surface area contributed by atoms with Crippen LogP contribution in [0.5, 0.6) is 0 Å². The Kier molecular flexibility index (Phi) is 6.56. The molecule has 1 N–H and O–H groups in total. The van der Waals surface area contributed by atoms with E-state index in [1.807, 2.05) is 0 Å². The number of alkyl halides is 2. The summed E-state index contributed by atoms with van der Waals surface area (Å²) in [6.07, 6.45) is 2.54. The number of fused-ring (bicyclic) bond motifs is 1. The highest BCUT2D eigenvalue weighted by Crippen LogP contribution is 2.28. The summed E-state index contributed by atoms with van der Waals surface area (Å²) in [5.74, 6) is -2.72. The highest BCUT2D eigenvalue weighted by Gasteiger charge is 2.25. The van der Waals surface area contributed by atoms with Gasteiger partial charge in [-0.05, 0) is 42.7 Å². The lowest BCUT2D eigenvalue weighted by molar-refractivity contribution is -0.122. The van der Waals surface area contributed by atoms with Crippen LogP contribution in [-0.4, -0.2) is 59.8 Å². The van der Waals surface area contributed by atoms with Crippen molar-refractivity contribution in [1.82, 2.24) is 19.2 Å². The first kappa shape index (κ1) is 21.0. The number of nitrogens with zero attached hydrogens (tertiary/aromatic N) is 3. The normalized spacial score (nSPS) is 16.7. The second-order valence-corrected chi connectivity index (χ2v) is 9.70. The molecule has 1 aromatic heterocycles. The minimum Gasteiger partial charge on any atom is -0.354 e. The van der Waals surface area contributed by atoms with Gasteiger partial charge in [-0.15, -0.1) is 0 Å². The van der Waals surface area contributed by atoms with E-state index >= 15 is 0 Å². The van der Waals surface area contributed by atoms with Gasteiger partial charge in [-0.25, -0.2) is 17.7 Å². The Morgan fingerprint density at radius 3 is 2.64 bits per heavy atom. The van der Waals surface area contributed by atoms with Crippen molar-refractivity contribution >= 4 is 38.7 Å². The number of hydrogen-bond acceptors (Lipinski definition) is 5. The first-order valence-corrected chi connectivity index (χ1v) is 11.6. The van der Waals surface area contributed by atoms with E-state index in [-0.39, 0.29) is 23.5 Å². The number of imidazole rings is 1. The summed E-state index contributed by atoms with van der Waals surface area (Å²) in [6, 6.07) is 6.99. The fourth-order valence-corrected chi connectivity index (χ4v) is 4.75. The number of hydrogen-bond donors (Lipinski definition) is 1. The molecule has 1 aromatic carbocycles. The molecule has 0 saturated carbocycles. The zero-order chi connectivity index (χ0) is 20.3. The second kappa shape index (κ2) is 8.75. The zero-order valence-electron chi connectivity index (χ0n) is 15.3. The zero-order valence-corrected chi connectivity index (χ0v) is 17.0. The summed E-state index contributed by atoms with van der Waals surface area (Å²) in [4.78, 5) is 16.6. The van der Waals surface area contributed by atoms with Crippen LogP contribution in [0, 0.1) is 5.92 Å². The number of nitrogens with one attached hydrogen (secondary N) is 1. The summed E-state index contributed by atoms with van der Waals surface area (Å²) in [6.45, 7) is 1.22. The van der Waals surface area contributed by atoms with E-state index in [1.165, 1.54) is 15.1 Å². The molecular formula is C17H22F2N4O3S2. The van der Waals surface area contributed by atoms with Gasteiger partial charge in [0.1, 0.15) is 6.54 Å². The van der Waals surface area contributed by atoms with Crippen molar-refractivity contribution in [1.29, 1.82) is 0 Å². The van der Waals surface area contributed by atoms with Crippen molar-refractivity contribution in [3.8, 4) is 0 Å². The van der Waals surface area contributed by atoms with Gasteiger partial charge in [0.2, 0.25) is 15.9 Å². The molecule has 0 unspecified atom stereocenters. The molecule has 1 aliphatic heterocycles. The van der Waals surface area contributed by atoms with Crippen LogP contribution in [0.1, 0.15) is 12.8 Å². The van der Waals surface area contributed by atoms with E-state index in [1.54, 1.807) is 24.3 Å². The van der Waals surface area contributed by atoms with Crippen LogP contribution in [0.15, 0.2) is 29.4 Å². The molecular weight excluding hydrogens is 410 g/mol. The number of carbonyl (C=O) groups is 1. The Morgan fingerprint density at radius 2 is 2.00 bits per heavy atom. The third-order valence-corrected chi connectivity index (χ3v) is 6.75. The highest BCUT2D eigenvalue weighted by molar-refractivity contribution is 7.99. The molecule has 0 atom stereocenters. The molecule has 154 valence electrons. The van der Waals surface area contributed by atoms with Gasteiger partial charge in [-0.3, -0.25) is 4.79 Å². The van der Waals surface area contributed by atoms with E-state index < -0.39 is 15.8 Å². The third kappa shape index (κ3) is 5.21. The maximum atomic E-state index is 12.8. The smallest absolute Gasteiger partial charge is 0.291 e. The van der Waals surface area contributed by atoms with Crippen molar-refractivity contribution < 1.29 is 22.0 Å². The predicted octanol–water partition coefficient (Wildman–Crippen LogP) is 2.14. The average molecular weight is 433 g/mol. The lowest BCUT2D eigenvalue weighted by Gasteiger charge is -2.30. The number of rotatable bonds is 7. The molecule has 2 heterocycles. The lowest BCUT2D eigenvalue weighted by atomic mass is 9.98. The topological polar surface area (TPSA) is 84.3 Å². The summed E-state index contributed by atoms with van der Waals surface area (Å²) in [5.41, 5.74) is 1.19. The minimum absolute atomic E-state index is 0.0995. The maximum Gasteiger partial charge on any atom is 0.291 e. The molecule has 1 amide bonds. The summed E-state index contributed by atoms with van der Waals surface area (Å²) >= 11 is 0.318. The Bertz CT molecular complexity index is 941. The minimum atomic E-state index is -3.18. The maximum absolute atomic E-state index is 12.8. The van der Waals surface area contributed by atoms with Crippen molar-refractivity contribution in [2.45, 2.75) is 30.3 Å². The molecule has 0 spiro atoms. The number of thioether (sulfide) groups is 1. The standard InChI is InChI=1S/C17H22F2N4O3S2/c1-28(25,26)22-8-6-12(7-9-22)10-20-15(24)11-23-14-5-3-2-4-13(14)21-17(23)27-16(18)19/h2-5,12,16H,6-11H2,1H3,(H,20,24). The molecule has 7 nitrogen and oxygen atoms in total. The van der Waals surface area contributed by atoms with Crippen LogP contribution in [0.3, 0.4) is 0 Å². The molecule has 0 aliphatic carbocycles. The fourth-order valence-electron chi connectivity index (χ4n) is 3.28. The average Bonchev–Trinajstić information content (AvgIpc) is 2.96. The quantitative estimate of drug-likeness (QED) is 0.678. The van der Waals surface area contributed by atoms with Crippen LogP contribution < -0.4 is 5.32 Å². The van der Waals surface area contributed by atoms with Gasteiger partial charge in [0.15, 0.2) is 5.16 Å². The van der Waals surface area contributed by atoms with Crippen LogP contribution >= 0.6 is 11.8 Å². The number of aromatic nitrogens is 2. The number of amides is 1. The van der Waals surface area contributed by atoms with Gasteiger partial charge in [0.05, 0.1) is 17.3 Å². The molecule has 28 heavy (non-hydrogen) atoms. The van der Waals surface area contributed by atoms with E-state index in [2.05, 4.69) is 10.3 Å². The molecule has 1 saturated heterocycles. The van der Waals surface area contributed by atoms with E-state index in [9.17, 15) is 22.0 Å². The van der Waals surface area contributed by atoms with E-state index in [0.29, 0.717) is 55.3 Å². The number of sulfonamides is 1. The van der Waals surface area contributed by atoms with Gasteiger partial charge < -0.3 is 9.88 Å². The van der Waals surface area contributed by atoms with Crippen LogP contribution in [0.4, 0.5) is 8.78 Å². The van der Waals surface area contributed by atoms with Gasteiger partial charge >= 0.3 is 0 Å². The van der Waals surface area contributed by atoms with Crippen molar-refractivity contribution in [3.63, 3.8) is 0 Å².